The van der Waals surface area contributed by atoms with E-state index >= 15 is 0 Å². The first-order valence-corrected chi connectivity index (χ1v) is 7.95. The van der Waals surface area contributed by atoms with Crippen LogP contribution in [0.15, 0.2) is 30.3 Å². The van der Waals surface area contributed by atoms with Gasteiger partial charge >= 0.3 is 6.29 Å². The van der Waals surface area contributed by atoms with Gasteiger partial charge in [-0.1, -0.05) is 12.1 Å². The number of carbonyl (C=O) groups excluding carboxylic acids is 1. The fourth-order valence-corrected chi connectivity index (χ4v) is 2.95. The molecular formula is C17H15BF2N2O3. The molecule has 128 valence electrons. The highest BCUT2D eigenvalue weighted by Crippen LogP contribution is 2.52. The van der Waals surface area contributed by atoms with E-state index in [1.54, 1.807) is 12.1 Å². The molecule has 5 nitrogen and oxygen atoms in total. The number of carbonyl (C=O) groups is 1. The minimum absolute atomic E-state index is 0.0271. The highest BCUT2D eigenvalue weighted by Gasteiger charge is 2.52. The molecule has 0 radical (unpaired) electrons. The van der Waals surface area contributed by atoms with E-state index in [0.29, 0.717) is 24.2 Å². The Kier molecular flexibility index (Phi) is 3.29. The number of fused-ring (bicyclic) bond motifs is 1. The SMILES string of the molecule is Bc1nc(NC(=O)C2(c3ccc4c(c3)OC(F)(F)O4)CC2)ccc1C. The molecule has 1 amide bonds. The zero-order valence-corrected chi connectivity index (χ0v) is 13.7. The highest BCUT2D eigenvalue weighted by atomic mass is 19.3. The van der Waals surface area contributed by atoms with Gasteiger partial charge in [0.1, 0.15) is 5.82 Å². The van der Waals surface area contributed by atoms with Gasteiger partial charge in [-0.3, -0.25) is 4.79 Å². The summed E-state index contributed by atoms with van der Waals surface area (Å²) in [4.78, 5) is 17.1. The van der Waals surface area contributed by atoms with Crippen LogP contribution >= 0.6 is 0 Å². The smallest absolute Gasteiger partial charge is 0.395 e. The molecule has 1 N–H and O–H groups in total. The Balaban J connectivity index is 1.58. The maximum atomic E-state index is 13.2. The second kappa shape index (κ2) is 5.18. The molecule has 1 saturated carbocycles. The van der Waals surface area contributed by atoms with Crippen molar-refractivity contribution in [2.75, 3.05) is 5.32 Å². The summed E-state index contributed by atoms with van der Waals surface area (Å²) in [5, 5.41) is 2.82. The molecule has 1 aliphatic heterocycles. The van der Waals surface area contributed by atoms with E-state index in [1.165, 1.54) is 12.1 Å². The number of benzene rings is 1. The zero-order valence-electron chi connectivity index (χ0n) is 13.7. The fraction of sp³-hybridized carbons (Fsp3) is 0.294. The summed E-state index contributed by atoms with van der Waals surface area (Å²) in [6.45, 7) is 1.94. The lowest BCUT2D eigenvalue weighted by Crippen LogP contribution is -2.29. The van der Waals surface area contributed by atoms with Crippen molar-refractivity contribution < 1.29 is 23.0 Å². The fourth-order valence-electron chi connectivity index (χ4n) is 2.95. The molecule has 0 spiro atoms. The van der Waals surface area contributed by atoms with E-state index in [9.17, 15) is 13.6 Å². The van der Waals surface area contributed by atoms with Crippen molar-refractivity contribution in [3.63, 3.8) is 0 Å². The molecule has 0 saturated heterocycles. The van der Waals surface area contributed by atoms with Crippen LogP contribution in [-0.2, 0) is 10.2 Å². The number of nitrogens with zero attached hydrogens (tertiary/aromatic N) is 1. The van der Waals surface area contributed by atoms with Gasteiger partial charge in [-0.2, -0.15) is 0 Å². The Labute approximate surface area is 143 Å². The first-order valence-electron chi connectivity index (χ1n) is 7.95. The highest BCUT2D eigenvalue weighted by molar-refractivity contribution is 6.31. The van der Waals surface area contributed by atoms with Crippen LogP contribution in [0.3, 0.4) is 0 Å². The number of hydrogen-bond donors (Lipinski definition) is 1. The molecule has 8 heteroatoms. The van der Waals surface area contributed by atoms with E-state index in [2.05, 4.69) is 19.8 Å². The minimum atomic E-state index is -3.66. The number of amides is 1. The van der Waals surface area contributed by atoms with Gasteiger partial charge in [-0.15, -0.1) is 8.78 Å². The largest absolute Gasteiger partial charge is 0.586 e. The van der Waals surface area contributed by atoms with Crippen LogP contribution in [0.1, 0.15) is 24.0 Å². The Hall–Kier alpha value is -2.64. The Morgan fingerprint density at radius 3 is 2.60 bits per heavy atom. The monoisotopic (exact) mass is 344 g/mol. The Morgan fingerprint density at radius 2 is 1.92 bits per heavy atom. The average molecular weight is 344 g/mol. The first kappa shape index (κ1) is 15.9. The van der Waals surface area contributed by atoms with Gasteiger partial charge in [0.2, 0.25) is 5.91 Å². The van der Waals surface area contributed by atoms with Crippen LogP contribution in [0.4, 0.5) is 14.6 Å². The number of alkyl halides is 2. The average Bonchev–Trinajstić information content (AvgIpc) is 3.28. The predicted molar refractivity (Wildman–Crippen MR) is 89.3 cm³/mol. The molecule has 1 aliphatic carbocycles. The van der Waals surface area contributed by atoms with Crippen LogP contribution in [-0.4, -0.2) is 25.0 Å². The summed E-state index contributed by atoms with van der Waals surface area (Å²) in [5.74, 6) is 0.201. The van der Waals surface area contributed by atoms with Gasteiger partial charge in [0.15, 0.2) is 19.3 Å². The van der Waals surface area contributed by atoms with E-state index in [1.807, 2.05) is 20.8 Å². The van der Waals surface area contributed by atoms with Crippen LogP contribution in [0.25, 0.3) is 0 Å². The molecule has 4 rings (SSSR count). The van der Waals surface area contributed by atoms with Gasteiger partial charge in [-0.25, -0.2) is 4.98 Å². The maximum Gasteiger partial charge on any atom is 0.586 e. The summed E-state index contributed by atoms with van der Waals surface area (Å²) >= 11 is 0. The molecular weight excluding hydrogens is 329 g/mol. The molecule has 2 heterocycles. The Morgan fingerprint density at radius 1 is 1.20 bits per heavy atom. The predicted octanol–water partition coefficient (Wildman–Crippen LogP) is 1.64. The van der Waals surface area contributed by atoms with E-state index < -0.39 is 11.7 Å². The van der Waals surface area contributed by atoms with E-state index in [4.69, 9.17) is 0 Å². The summed E-state index contributed by atoms with van der Waals surface area (Å²) in [6.07, 6.45) is -2.39. The molecule has 0 bridgehead atoms. The number of rotatable bonds is 3. The summed E-state index contributed by atoms with van der Waals surface area (Å²) < 4.78 is 35.2. The number of aryl methyl sites for hydroxylation is 1. The van der Waals surface area contributed by atoms with Crippen LogP contribution < -0.4 is 20.4 Å². The third kappa shape index (κ3) is 2.71. The lowest BCUT2D eigenvalue weighted by molar-refractivity contribution is -0.286. The zero-order chi connectivity index (χ0) is 17.8. The quantitative estimate of drug-likeness (QED) is 0.860. The van der Waals surface area contributed by atoms with Crippen molar-refractivity contribution in [3.8, 4) is 11.5 Å². The van der Waals surface area contributed by atoms with Gasteiger partial charge in [-0.05, 0) is 49.1 Å². The third-order valence-electron chi connectivity index (χ3n) is 4.73. The molecule has 1 aromatic heterocycles. The Bertz CT molecular complexity index is 884. The van der Waals surface area contributed by atoms with Gasteiger partial charge < -0.3 is 14.8 Å². The topological polar surface area (TPSA) is 60.5 Å². The molecule has 2 aromatic rings. The number of halogens is 2. The number of aromatic nitrogens is 1. The first-order chi connectivity index (χ1) is 11.8. The lowest BCUT2D eigenvalue weighted by Gasteiger charge is -2.16. The second-order valence-corrected chi connectivity index (χ2v) is 6.46. The molecule has 1 fully saturated rings. The van der Waals surface area contributed by atoms with Crippen LogP contribution in [0.2, 0.25) is 0 Å². The standard InChI is InChI=1S/C17H15BF2N2O3/c1-9-2-5-13(21-14(9)18)22-15(23)16(6-7-16)10-3-4-11-12(8-10)25-17(19,20)24-11/h2-5,8H,6-7,18H2,1H3,(H,21,22,23). The van der Waals surface area contributed by atoms with Crippen LogP contribution in [0.5, 0.6) is 11.5 Å². The van der Waals surface area contributed by atoms with Crippen molar-refractivity contribution in [2.45, 2.75) is 31.5 Å². The molecule has 25 heavy (non-hydrogen) atoms. The van der Waals surface area contributed by atoms with Crippen LogP contribution in [0, 0.1) is 6.92 Å². The van der Waals surface area contributed by atoms with Crippen molar-refractivity contribution >= 4 is 25.2 Å². The second-order valence-electron chi connectivity index (χ2n) is 6.46. The number of nitrogens with one attached hydrogen (secondary N) is 1. The molecule has 2 aliphatic rings. The van der Waals surface area contributed by atoms with Crippen molar-refractivity contribution in [2.24, 2.45) is 0 Å². The molecule has 1 aromatic carbocycles. The summed E-state index contributed by atoms with van der Waals surface area (Å²) in [7, 11) is 1.87. The van der Waals surface area contributed by atoms with Crippen molar-refractivity contribution in [1.29, 1.82) is 0 Å². The van der Waals surface area contributed by atoms with E-state index in [-0.39, 0.29) is 17.4 Å². The third-order valence-corrected chi connectivity index (χ3v) is 4.73. The minimum Gasteiger partial charge on any atom is -0.395 e. The van der Waals surface area contributed by atoms with Gasteiger partial charge in [0, 0.05) is 5.59 Å². The molecule has 0 unspecified atom stereocenters. The number of ether oxygens (including phenoxy) is 2. The van der Waals surface area contributed by atoms with Gasteiger partial charge in [0.25, 0.3) is 0 Å². The van der Waals surface area contributed by atoms with Crippen molar-refractivity contribution in [3.05, 3.63) is 41.5 Å². The normalized spacial score (nSPS) is 18.7. The maximum absolute atomic E-state index is 13.2. The van der Waals surface area contributed by atoms with E-state index in [0.717, 1.165) is 11.2 Å². The summed E-state index contributed by atoms with van der Waals surface area (Å²) in [6, 6.07) is 8.13. The van der Waals surface area contributed by atoms with Gasteiger partial charge in [0.05, 0.1) is 5.41 Å². The number of hydrogen-bond acceptors (Lipinski definition) is 4. The number of pyridine rings is 1. The number of anilines is 1. The van der Waals surface area contributed by atoms with Crippen molar-refractivity contribution in [1.82, 2.24) is 4.98 Å². The summed E-state index contributed by atoms with van der Waals surface area (Å²) in [5.41, 5.74) is 1.77. The lowest BCUT2D eigenvalue weighted by atomic mass is 9.94. The molecule has 0 atom stereocenters.